The lowest BCUT2D eigenvalue weighted by molar-refractivity contribution is 0.310. The Balaban J connectivity index is 1.86. The van der Waals surface area contributed by atoms with Gasteiger partial charge in [0.1, 0.15) is 5.75 Å². The fourth-order valence-electron chi connectivity index (χ4n) is 3.79. The molecule has 0 spiro atoms. The van der Waals surface area contributed by atoms with Crippen LogP contribution in [0.4, 0.5) is 4.39 Å². The van der Waals surface area contributed by atoms with Crippen molar-refractivity contribution in [3.05, 3.63) is 41.5 Å². The minimum absolute atomic E-state index is 0.234. The smallest absolute Gasteiger partial charge is 0.119 e. The van der Waals surface area contributed by atoms with Gasteiger partial charge < -0.3 is 4.74 Å². The van der Waals surface area contributed by atoms with Crippen LogP contribution in [-0.4, -0.2) is 13.8 Å². The third kappa shape index (κ3) is 5.37. The van der Waals surface area contributed by atoms with Crippen LogP contribution in [0.3, 0.4) is 0 Å². The fourth-order valence-corrected chi connectivity index (χ4v) is 3.79. The zero-order valence-corrected chi connectivity index (χ0v) is 14.7. The van der Waals surface area contributed by atoms with E-state index in [4.69, 9.17) is 4.74 Å². The summed E-state index contributed by atoms with van der Waals surface area (Å²) in [6.45, 7) is 2.00. The lowest BCUT2D eigenvalue weighted by atomic mass is 9.76. The van der Waals surface area contributed by atoms with Gasteiger partial charge in [0.05, 0.1) is 13.8 Å². The molecule has 0 saturated heterocycles. The molecule has 1 aromatic carbocycles. The molecule has 1 saturated carbocycles. The molecule has 2 heteroatoms. The first-order chi connectivity index (χ1) is 11.3. The lowest BCUT2D eigenvalue weighted by Gasteiger charge is -2.30. The standard InChI is InChI=1S/C21H31FO/c1-3-18-13-14-20(23-2)16-21(18)19-11-9-17(10-12-19)8-6-4-5-7-15-22/h4-5,13-14,16-17,19H,3,6-12,15H2,1-2H3. The Morgan fingerprint density at radius 1 is 1.13 bits per heavy atom. The van der Waals surface area contributed by atoms with E-state index in [1.165, 1.54) is 43.2 Å². The van der Waals surface area contributed by atoms with Gasteiger partial charge in [-0.25, -0.2) is 0 Å². The molecule has 1 aliphatic carbocycles. The van der Waals surface area contributed by atoms with E-state index >= 15 is 0 Å². The molecule has 1 aromatic rings. The summed E-state index contributed by atoms with van der Waals surface area (Å²) >= 11 is 0. The Hall–Kier alpha value is -1.31. The van der Waals surface area contributed by atoms with Crippen molar-refractivity contribution in [3.63, 3.8) is 0 Å². The minimum atomic E-state index is -0.234. The number of halogens is 1. The number of benzene rings is 1. The van der Waals surface area contributed by atoms with Gasteiger partial charge in [-0.1, -0.05) is 25.1 Å². The molecule has 1 nitrogen and oxygen atoms in total. The van der Waals surface area contributed by atoms with Gasteiger partial charge in [-0.15, -0.1) is 0 Å². The maximum Gasteiger partial charge on any atom is 0.119 e. The highest BCUT2D eigenvalue weighted by atomic mass is 19.1. The van der Waals surface area contributed by atoms with E-state index in [0.29, 0.717) is 12.3 Å². The third-order valence-electron chi connectivity index (χ3n) is 5.20. The van der Waals surface area contributed by atoms with Crippen molar-refractivity contribution < 1.29 is 9.13 Å². The Bertz CT molecular complexity index is 487. The van der Waals surface area contributed by atoms with Crippen molar-refractivity contribution in [2.45, 2.75) is 64.2 Å². The summed E-state index contributed by atoms with van der Waals surface area (Å²) in [5.74, 6) is 2.52. The molecule has 0 N–H and O–H groups in total. The maximum absolute atomic E-state index is 12.0. The average Bonchev–Trinajstić information content (AvgIpc) is 2.61. The van der Waals surface area contributed by atoms with Crippen molar-refractivity contribution in [2.24, 2.45) is 5.92 Å². The summed E-state index contributed by atoms with van der Waals surface area (Å²) < 4.78 is 17.5. The Morgan fingerprint density at radius 3 is 2.52 bits per heavy atom. The quantitative estimate of drug-likeness (QED) is 0.516. The van der Waals surface area contributed by atoms with Gasteiger partial charge in [-0.3, -0.25) is 4.39 Å². The van der Waals surface area contributed by atoms with Gasteiger partial charge in [-0.05, 0) is 86.5 Å². The van der Waals surface area contributed by atoms with Crippen LogP contribution in [-0.2, 0) is 6.42 Å². The second kappa shape index (κ2) is 9.75. The van der Waals surface area contributed by atoms with Crippen molar-refractivity contribution in [1.82, 2.24) is 0 Å². The number of ether oxygens (including phenoxy) is 1. The normalized spacial score (nSPS) is 21.7. The van der Waals surface area contributed by atoms with E-state index in [0.717, 1.165) is 24.5 Å². The molecule has 23 heavy (non-hydrogen) atoms. The topological polar surface area (TPSA) is 9.23 Å². The number of rotatable bonds is 8. The molecular weight excluding hydrogens is 287 g/mol. The zero-order chi connectivity index (χ0) is 16.5. The molecule has 0 unspecified atom stereocenters. The van der Waals surface area contributed by atoms with Gasteiger partial charge in [0.2, 0.25) is 0 Å². The van der Waals surface area contributed by atoms with E-state index < -0.39 is 0 Å². The molecule has 0 aliphatic heterocycles. The molecule has 2 rings (SSSR count). The van der Waals surface area contributed by atoms with Crippen LogP contribution in [0.25, 0.3) is 0 Å². The molecule has 0 atom stereocenters. The first-order valence-corrected chi connectivity index (χ1v) is 9.16. The summed E-state index contributed by atoms with van der Waals surface area (Å²) in [5.41, 5.74) is 2.98. The van der Waals surface area contributed by atoms with Crippen LogP contribution in [0.15, 0.2) is 30.4 Å². The van der Waals surface area contributed by atoms with Crippen LogP contribution in [0.1, 0.15) is 68.9 Å². The SMILES string of the molecule is CCc1ccc(OC)cc1C1CCC(CCC=CCCF)CC1. The van der Waals surface area contributed by atoms with E-state index in [9.17, 15) is 4.39 Å². The molecule has 1 fully saturated rings. The van der Waals surface area contributed by atoms with Crippen molar-refractivity contribution in [3.8, 4) is 5.75 Å². The predicted molar refractivity (Wildman–Crippen MR) is 96.0 cm³/mol. The van der Waals surface area contributed by atoms with Crippen molar-refractivity contribution >= 4 is 0 Å². The van der Waals surface area contributed by atoms with Crippen LogP contribution < -0.4 is 4.74 Å². The molecule has 0 aromatic heterocycles. The maximum atomic E-state index is 12.0. The molecule has 0 radical (unpaired) electrons. The second-order valence-corrected chi connectivity index (χ2v) is 6.66. The van der Waals surface area contributed by atoms with Gasteiger partial charge in [0, 0.05) is 0 Å². The number of alkyl halides is 1. The number of allylic oxidation sites excluding steroid dienone is 2. The highest BCUT2D eigenvalue weighted by molar-refractivity contribution is 5.38. The number of methoxy groups -OCH3 is 1. The van der Waals surface area contributed by atoms with Crippen molar-refractivity contribution in [1.29, 1.82) is 0 Å². The van der Waals surface area contributed by atoms with Gasteiger partial charge in [-0.2, -0.15) is 0 Å². The summed E-state index contributed by atoms with van der Waals surface area (Å²) in [6, 6.07) is 6.57. The highest BCUT2D eigenvalue weighted by Gasteiger charge is 2.23. The fraction of sp³-hybridized carbons (Fsp3) is 0.619. The van der Waals surface area contributed by atoms with Crippen LogP contribution >= 0.6 is 0 Å². The van der Waals surface area contributed by atoms with E-state index in [-0.39, 0.29) is 6.67 Å². The van der Waals surface area contributed by atoms with Gasteiger partial charge in [0.25, 0.3) is 0 Å². The minimum Gasteiger partial charge on any atom is -0.497 e. The van der Waals surface area contributed by atoms with Gasteiger partial charge in [0.15, 0.2) is 0 Å². The van der Waals surface area contributed by atoms with E-state index in [1.807, 2.05) is 6.08 Å². The summed E-state index contributed by atoms with van der Waals surface area (Å²) in [5, 5.41) is 0. The highest BCUT2D eigenvalue weighted by Crippen LogP contribution is 2.39. The average molecular weight is 318 g/mol. The Labute approximate surface area is 140 Å². The predicted octanol–water partition coefficient (Wildman–Crippen LogP) is 6.23. The van der Waals surface area contributed by atoms with Crippen LogP contribution in [0, 0.1) is 5.92 Å². The summed E-state index contributed by atoms with van der Waals surface area (Å²) in [4.78, 5) is 0. The van der Waals surface area contributed by atoms with Crippen LogP contribution in [0.5, 0.6) is 5.75 Å². The first-order valence-electron chi connectivity index (χ1n) is 9.16. The largest absolute Gasteiger partial charge is 0.497 e. The molecule has 0 heterocycles. The Kier molecular flexibility index (Phi) is 7.64. The third-order valence-corrected chi connectivity index (χ3v) is 5.20. The zero-order valence-electron chi connectivity index (χ0n) is 14.7. The van der Waals surface area contributed by atoms with Crippen LogP contribution in [0.2, 0.25) is 0 Å². The number of hydrogen-bond donors (Lipinski definition) is 0. The molecular formula is C21H31FO. The summed E-state index contributed by atoms with van der Waals surface area (Å²) in [7, 11) is 1.75. The monoisotopic (exact) mass is 318 g/mol. The molecule has 0 amide bonds. The number of hydrogen-bond acceptors (Lipinski definition) is 1. The van der Waals surface area contributed by atoms with E-state index in [1.54, 1.807) is 7.11 Å². The van der Waals surface area contributed by atoms with Gasteiger partial charge >= 0.3 is 0 Å². The molecule has 1 aliphatic rings. The molecule has 128 valence electrons. The number of aryl methyl sites for hydroxylation is 1. The molecule has 0 bridgehead atoms. The first kappa shape index (κ1) is 18.0. The second-order valence-electron chi connectivity index (χ2n) is 6.66. The Morgan fingerprint density at radius 2 is 1.87 bits per heavy atom. The lowest BCUT2D eigenvalue weighted by Crippen LogP contribution is -2.14. The van der Waals surface area contributed by atoms with Crippen molar-refractivity contribution in [2.75, 3.05) is 13.8 Å². The van der Waals surface area contributed by atoms with E-state index in [2.05, 4.69) is 31.2 Å². The summed E-state index contributed by atoms with van der Waals surface area (Å²) in [6.07, 6.45) is 13.4.